The molecule has 2 rings (SSSR count). The second-order valence-corrected chi connectivity index (χ2v) is 4.14. The van der Waals surface area contributed by atoms with Crippen LogP contribution in [0.5, 0.6) is 5.75 Å². The molecular formula is C13H14FN3O3. The van der Waals surface area contributed by atoms with E-state index in [1.165, 1.54) is 18.5 Å². The molecule has 0 fully saturated rings. The van der Waals surface area contributed by atoms with Gasteiger partial charge in [0, 0.05) is 6.54 Å². The minimum Gasteiger partial charge on any atom is -0.483 e. The molecule has 0 aliphatic rings. The maximum atomic E-state index is 13.7. The van der Waals surface area contributed by atoms with Crippen LogP contribution in [0.3, 0.4) is 0 Å². The number of hydrogen-bond donors (Lipinski definition) is 1. The van der Waals surface area contributed by atoms with Crippen LogP contribution in [0, 0.1) is 5.82 Å². The van der Waals surface area contributed by atoms with Crippen LogP contribution in [0.15, 0.2) is 24.5 Å². The number of rotatable bonds is 6. The van der Waals surface area contributed by atoms with E-state index in [0.717, 1.165) is 12.5 Å². The molecule has 0 atom stereocenters. The van der Waals surface area contributed by atoms with E-state index in [4.69, 9.17) is 9.84 Å². The predicted octanol–water partition coefficient (Wildman–Crippen LogP) is 2.10. The summed E-state index contributed by atoms with van der Waals surface area (Å²) in [5.74, 6) is -1.32. The van der Waals surface area contributed by atoms with Gasteiger partial charge in [0.2, 0.25) is 0 Å². The third kappa shape index (κ3) is 3.11. The molecule has 0 aliphatic carbocycles. The van der Waals surface area contributed by atoms with Crippen LogP contribution in [0.2, 0.25) is 0 Å². The van der Waals surface area contributed by atoms with E-state index in [9.17, 15) is 9.18 Å². The van der Waals surface area contributed by atoms with Crippen molar-refractivity contribution in [1.82, 2.24) is 14.8 Å². The van der Waals surface area contributed by atoms with E-state index in [2.05, 4.69) is 10.1 Å². The molecule has 2 aromatic rings. The van der Waals surface area contributed by atoms with E-state index in [0.29, 0.717) is 12.4 Å². The molecule has 0 radical (unpaired) electrons. The molecular weight excluding hydrogens is 265 g/mol. The second-order valence-electron chi connectivity index (χ2n) is 4.14. The van der Waals surface area contributed by atoms with E-state index >= 15 is 0 Å². The fourth-order valence-corrected chi connectivity index (χ4v) is 1.69. The van der Waals surface area contributed by atoms with Crippen molar-refractivity contribution in [3.63, 3.8) is 0 Å². The first-order valence-corrected chi connectivity index (χ1v) is 6.14. The Hall–Kier alpha value is -2.44. The van der Waals surface area contributed by atoms with Gasteiger partial charge in [0.05, 0.1) is 5.56 Å². The summed E-state index contributed by atoms with van der Waals surface area (Å²) in [6.45, 7) is 2.79. The number of nitrogens with zero attached hydrogens (tertiary/aromatic N) is 3. The zero-order valence-electron chi connectivity index (χ0n) is 10.9. The molecule has 6 nitrogen and oxygen atoms in total. The summed E-state index contributed by atoms with van der Waals surface area (Å²) < 4.78 is 20.7. The number of carboxylic acids is 1. The lowest BCUT2D eigenvalue weighted by molar-refractivity contribution is 0.0696. The van der Waals surface area contributed by atoms with Gasteiger partial charge in [0.25, 0.3) is 0 Å². The van der Waals surface area contributed by atoms with E-state index < -0.39 is 11.8 Å². The number of benzene rings is 1. The first-order chi connectivity index (χ1) is 9.61. The van der Waals surface area contributed by atoms with Crippen LogP contribution in [0.1, 0.15) is 29.5 Å². The summed E-state index contributed by atoms with van der Waals surface area (Å²) in [6.07, 6.45) is 2.32. The fourth-order valence-electron chi connectivity index (χ4n) is 1.69. The van der Waals surface area contributed by atoms with Gasteiger partial charge in [-0.2, -0.15) is 5.10 Å². The Morgan fingerprint density at radius 3 is 2.95 bits per heavy atom. The average molecular weight is 279 g/mol. The maximum absolute atomic E-state index is 13.7. The highest BCUT2D eigenvalue weighted by molar-refractivity contribution is 5.87. The van der Waals surface area contributed by atoms with Gasteiger partial charge < -0.3 is 9.84 Å². The number of ether oxygens (including phenoxy) is 1. The number of carboxylic acid groups (broad SMARTS) is 1. The van der Waals surface area contributed by atoms with Gasteiger partial charge in [-0.1, -0.05) is 6.92 Å². The molecule has 0 saturated carbocycles. The maximum Gasteiger partial charge on any atom is 0.335 e. The lowest BCUT2D eigenvalue weighted by Crippen LogP contribution is -2.09. The predicted molar refractivity (Wildman–Crippen MR) is 68.0 cm³/mol. The van der Waals surface area contributed by atoms with Gasteiger partial charge in [-0.3, -0.25) is 0 Å². The van der Waals surface area contributed by atoms with Gasteiger partial charge in [-0.25, -0.2) is 18.9 Å². The molecule has 7 heteroatoms. The molecule has 1 aromatic carbocycles. The van der Waals surface area contributed by atoms with Crippen molar-refractivity contribution >= 4 is 5.97 Å². The van der Waals surface area contributed by atoms with Crippen molar-refractivity contribution in [3.8, 4) is 5.75 Å². The molecule has 0 amide bonds. The van der Waals surface area contributed by atoms with Gasteiger partial charge in [0.1, 0.15) is 12.9 Å². The van der Waals surface area contributed by atoms with Crippen LogP contribution in [0.25, 0.3) is 0 Å². The van der Waals surface area contributed by atoms with Gasteiger partial charge in [0.15, 0.2) is 17.4 Å². The number of aromatic nitrogens is 3. The standard InChI is InChI=1S/C13H14FN3O3/c1-2-5-17-12(15-8-16-17)7-20-11-4-3-9(13(18)19)6-10(11)14/h3-4,6,8H,2,5,7H2,1H3,(H,18,19). The monoisotopic (exact) mass is 279 g/mol. The summed E-state index contributed by atoms with van der Waals surface area (Å²) in [5, 5.41) is 12.8. The molecule has 0 saturated heterocycles. The first-order valence-electron chi connectivity index (χ1n) is 6.14. The first kappa shape index (κ1) is 14.0. The second kappa shape index (κ2) is 6.14. The number of aryl methyl sites for hydroxylation is 1. The molecule has 1 heterocycles. The number of hydrogen-bond acceptors (Lipinski definition) is 4. The molecule has 1 aromatic heterocycles. The quantitative estimate of drug-likeness (QED) is 0.876. The fraction of sp³-hybridized carbons (Fsp3) is 0.308. The van der Waals surface area contributed by atoms with E-state index in [1.807, 2.05) is 6.92 Å². The van der Waals surface area contributed by atoms with Crippen molar-refractivity contribution in [1.29, 1.82) is 0 Å². The lowest BCUT2D eigenvalue weighted by atomic mass is 10.2. The third-order valence-electron chi connectivity index (χ3n) is 2.67. The molecule has 0 unspecified atom stereocenters. The average Bonchev–Trinajstić information content (AvgIpc) is 2.85. The largest absolute Gasteiger partial charge is 0.483 e. The minimum atomic E-state index is -1.18. The molecule has 106 valence electrons. The smallest absolute Gasteiger partial charge is 0.335 e. The Bertz CT molecular complexity index is 613. The summed E-state index contributed by atoms with van der Waals surface area (Å²) in [6, 6.07) is 3.51. The Morgan fingerprint density at radius 1 is 1.50 bits per heavy atom. The topological polar surface area (TPSA) is 77.2 Å². The van der Waals surface area contributed by atoms with Crippen LogP contribution < -0.4 is 4.74 Å². The lowest BCUT2D eigenvalue weighted by Gasteiger charge is -2.08. The minimum absolute atomic E-state index is 0.0129. The van der Waals surface area contributed by atoms with Crippen LogP contribution in [-0.4, -0.2) is 25.8 Å². The van der Waals surface area contributed by atoms with Crippen LogP contribution in [-0.2, 0) is 13.2 Å². The van der Waals surface area contributed by atoms with Gasteiger partial charge in [-0.05, 0) is 24.6 Å². The van der Waals surface area contributed by atoms with Crippen molar-refractivity contribution in [2.75, 3.05) is 0 Å². The zero-order valence-corrected chi connectivity index (χ0v) is 10.9. The molecule has 0 spiro atoms. The third-order valence-corrected chi connectivity index (χ3v) is 2.67. The van der Waals surface area contributed by atoms with Crippen molar-refractivity contribution in [2.45, 2.75) is 26.5 Å². The summed E-state index contributed by atoms with van der Waals surface area (Å²) >= 11 is 0. The number of carbonyl (C=O) groups is 1. The highest BCUT2D eigenvalue weighted by Crippen LogP contribution is 2.19. The summed E-state index contributed by atoms with van der Waals surface area (Å²) in [5.41, 5.74) is -0.121. The Labute approximate surface area is 114 Å². The molecule has 0 bridgehead atoms. The number of halogens is 1. The highest BCUT2D eigenvalue weighted by Gasteiger charge is 2.11. The normalized spacial score (nSPS) is 10.5. The Balaban J connectivity index is 2.07. The van der Waals surface area contributed by atoms with Gasteiger partial charge in [-0.15, -0.1) is 0 Å². The van der Waals surface area contributed by atoms with E-state index in [-0.39, 0.29) is 17.9 Å². The van der Waals surface area contributed by atoms with Crippen LogP contribution >= 0.6 is 0 Å². The number of aromatic carboxylic acids is 1. The van der Waals surface area contributed by atoms with E-state index in [1.54, 1.807) is 4.68 Å². The van der Waals surface area contributed by atoms with Crippen molar-refractivity contribution in [2.24, 2.45) is 0 Å². The SMILES string of the molecule is CCCn1ncnc1COc1ccc(C(=O)O)cc1F. The molecule has 0 aliphatic heterocycles. The van der Waals surface area contributed by atoms with Crippen molar-refractivity contribution in [3.05, 3.63) is 41.7 Å². The Morgan fingerprint density at radius 2 is 2.30 bits per heavy atom. The van der Waals surface area contributed by atoms with Crippen LogP contribution in [0.4, 0.5) is 4.39 Å². The Kier molecular flexibility index (Phi) is 4.29. The van der Waals surface area contributed by atoms with Crippen molar-refractivity contribution < 1.29 is 19.0 Å². The molecule has 20 heavy (non-hydrogen) atoms. The highest BCUT2D eigenvalue weighted by atomic mass is 19.1. The van der Waals surface area contributed by atoms with Gasteiger partial charge >= 0.3 is 5.97 Å². The zero-order chi connectivity index (χ0) is 14.5. The summed E-state index contributed by atoms with van der Waals surface area (Å²) in [4.78, 5) is 14.7. The molecule has 1 N–H and O–H groups in total. The summed E-state index contributed by atoms with van der Waals surface area (Å²) in [7, 11) is 0.